The van der Waals surface area contributed by atoms with Crippen LogP contribution in [0.5, 0.6) is 0 Å². The van der Waals surface area contributed by atoms with Crippen LogP contribution in [0.2, 0.25) is 0 Å². The van der Waals surface area contributed by atoms with Crippen LogP contribution in [0.15, 0.2) is 30.3 Å². The van der Waals surface area contributed by atoms with Crippen LogP contribution in [0.3, 0.4) is 0 Å². The molecule has 0 aromatic heterocycles. The summed E-state index contributed by atoms with van der Waals surface area (Å²) < 4.78 is 92.1. The summed E-state index contributed by atoms with van der Waals surface area (Å²) in [5.41, 5.74) is 1.73. The molecule has 1 amide bonds. The Morgan fingerprint density at radius 2 is 1.46 bits per heavy atom. The van der Waals surface area contributed by atoms with Crippen LogP contribution >= 0.6 is 0 Å². The molecule has 0 fully saturated rings. The summed E-state index contributed by atoms with van der Waals surface area (Å²) in [6, 6.07) is 6.80. The van der Waals surface area contributed by atoms with E-state index in [1.54, 1.807) is 30.3 Å². The molecule has 3 nitrogen and oxygen atoms in total. The fourth-order valence-corrected chi connectivity index (χ4v) is 2.17. The summed E-state index contributed by atoms with van der Waals surface area (Å²) in [7, 11) is 0. The summed E-state index contributed by atoms with van der Waals surface area (Å²) in [5.74, 6) is -11.3. The number of nitrogens with one attached hydrogen (secondary N) is 1. The molecular weight excluding hydrogens is 369 g/mol. The number of hydrogen-bond acceptors (Lipinski definition) is 2. The molecule has 0 bridgehead atoms. The molecule has 2 aromatic carbocycles. The fourth-order valence-electron chi connectivity index (χ4n) is 2.17. The normalized spacial score (nSPS) is 12.8. The minimum Gasteiger partial charge on any atom is -0.320 e. The zero-order valence-corrected chi connectivity index (χ0v) is 12.8. The molecule has 1 atom stereocenters. The van der Waals surface area contributed by atoms with Gasteiger partial charge in [0.05, 0.1) is 6.04 Å². The first-order valence-electron chi connectivity index (χ1n) is 7.07. The van der Waals surface area contributed by atoms with Gasteiger partial charge in [0.25, 0.3) is 0 Å². The molecule has 0 aliphatic carbocycles. The van der Waals surface area contributed by atoms with E-state index >= 15 is 0 Å². The molecule has 26 heavy (non-hydrogen) atoms. The van der Waals surface area contributed by atoms with Crippen molar-refractivity contribution < 1.29 is 35.5 Å². The summed E-state index contributed by atoms with van der Waals surface area (Å²) in [6.45, 7) is 0. The van der Waals surface area contributed by atoms with Gasteiger partial charge in [-0.15, -0.1) is 0 Å². The van der Waals surface area contributed by atoms with Crippen LogP contribution in [0, 0.1) is 23.3 Å². The van der Waals surface area contributed by atoms with Gasteiger partial charge in [-0.05, 0) is 12.0 Å². The third-order valence-corrected chi connectivity index (χ3v) is 3.43. The Morgan fingerprint density at radius 1 is 0.962 bits per heavy atom. The average molecular weight is 380 g/mol. The van der Waals surface area contributed by atoms with E-state index in [1.165, 1.54) is 5.32 Å². The fraction of sp³-hybridized carbons (Fsp3) is 0.188. The van der Waals surface area contributed by atoms with Crippen molar-refractivity contribution in [2.45, 2.75) is 18.6 Å². The molecule has 0 aliphatic heterocycles. The van der Waals surface area contributed by atoms with Gasteiger partial charge in [0.15, 0.2) is 23.3 Å². The molecule has 0 unspecified atom stereocenters. The molecule has 0 aliphatic rings. The van der Waals surface area contributed by atoms with Gasteiger partial charge < -0.3 is 11.1 Å². The highest BCUT2D eigenvalue weighted by Gasteiger charge is 2.42. The second kappa shape index (κ2) is 7.32. The van der Waals surface area contributed by atoms with E-state index in [4.69, 9.17) is 5.73 Å². The zero-order chi connectivity index (χ0) is 19.6. The number of rotatable bonds is 4. The highest BCUT2D eigenvalue weighted by Crippen LogP contribution is 2.38. The van der Waals surface area contributed by atoms with Crippen LogP contribution < -0.4 is 11.1 Å². The number of halogens is 7. The summed E-state index contributed by atoms with van der Waals surface area (Å²) in [4.78, 5) is 11.9. The van der Waals surface area contributed by atoms with Crippen LogP contribution in [0.4, 0.5) is 36.4 Å². The molecule has 140 valence electrons. The van der Waals surface area contributed by atoms with E-state index in [2.05, 4.69) is 0 Å². The Balaban J connectivity index is 2.31. The number of nitrogens with two attached hydrogens (primary N) is 1. The van der Waals surface area contributed by atoms with E-state index in [-0.39, 0.29) is 6.42 Å². The SMILES string of the molecule is N[C@@H](Cc1ccccc1)C(=O)Nc1c(F)c(F)c(C(F)(F)F)c(F)c1F. The first-order valence-corrected chi connectivity index (χ1v) is 7.07. The lowest BCUT2D eigenvalue weighted by molar-refractivity contribution is -0.143. The number of hydrogen-bond donors (Lipinski definition) is 2. The third-order valence-electron chi connectivity index (χ3n) is 3.43. The highest BCUT2D eigenvalue weighted by atomic mass is 19.4. The first kappa shape index (κ1) is 19.7. The van der Waals surface area contributed by atoms with Gasteiger partial charge in [-0.25, -0.2) is 17.6 Å². The molecule has 2 rings (SSSR count). The first-order chi connectivity index (χ1) is 12.0. The molecule has 0 radical (unpaired) electrons. The zero-order valence-electron chi connectivity index (χ0n) is 12.8. The van der Waals surface area contributed by atoms with Crippen molar-refractivity contribution in [2.75, 3.05) is 5.32 Å². The minimum absolute atomic E-state index is 0.0818. The van der Waals surface area contributed by atoms with Gasteiger partial charge >= 0.3 is 6.18 Å². The van der Waals surface area contributed by atoms with Gasteiger partial charge in [-0.1, -0.05) is 30.3 Å². The second-order valence-electron chi connectivity index (χ2n) is 5.29. The Morgan fingerprint density at radius 3 is 1.92 bits per heavy atom. The van der Waals surface area contributed by atoms with Crippen LogP contribution in [-0.2, 0) is 17.4 Å². The van der Waals surface area contributed by atoms with E-state index in [0.717, 1.165) is 0 Å². The maximum atomic E-state index is 13.7. The number of benzene rings is 2. The van der Waals surface area contributed by atoms with Crippen molar-refractivity contribution >= 4 is 11.6 Å². The average Bonchev–Trinajstić information content (AvgIpc) is 2.56. The van der Waals surface area contributed by atoms with Crippen molar-refractivity contribution in [3.8, 4) is 0 Å². The van der Waals surface area contributed by atoms with E-state index < -0.39 is 52.6 Å². The molecule has 10 heteroatoms. The van der Waals surface area contributed by atoms with E-state index in [1.807, 2.05) is 0 Å². The quantitative estimate of drug-likeness (QED) is 0.627. The van der Waals surface area contributed by atoms with Crippen molar-refractivity contribution in [3.63, 3.8) is 0 Å². The van der Waals surface area contributed by atoms with E-state index in [9.17, 15) is 35.5 Å². The molecule has 0 spiro atoms. The lowest BCUT2D eigenvalue weighted by Gasteiger charge is -2.16. The van der Waals surface area contributed by atoms with E-state index in [0.29, 0.717) is 5.56 Å². The summed E-state index contributed by atoms with van der Waals surface area (Å²) in [6.07, 6.45) is -5.75. The van der Waals surface area contributed by atoms with Crippen LogP contribution in [-0.4, -0.2) is 11.9 Å². The third kappa shape index (κ3) is 3.96. The maximum Gasteiger partial charge on any atom is 0.422 e. The Hall–Kier alpha value is -2.62. The van der Waals surface area contributed by atoms with Crippen molar-refractivity contribution in [3.05, 3.63) is 64.7 Å². The van der Waals surface area contributed by atoms with Gasteiger partial charge in [0.2, 0.25) is 5.91 Å². The largest absolute Gasteiger partial charge is 0.422 e. The topological polar surface area (TPSA) is 55.1 Å². The number of alkyl halides is 3. The predicted octanol–water partition coefficient (Wildman–Crippen LogP) is 3.77. The maximum absolute atomic E-state index is 13.7. The monoisotopic (exact) mass is 380 g/mol. The van der Waals surface area contributed by atoms with Crippen molar-refractivity contribution in [1.29, 1.82) is 0 Å². The van der Waals surface area contributed by atoms with Crippen molar-refractivity contribution in [1.82, 2.24) is 0 Å². The van der Waals surface area contributed by atoms with Gasteiger partial charge in [-0.3, -0.25) is 4.79 Å². The predicted molar refractivity (Wildman–Crippen MR) is 78.0 cm³/mol. The molecular formula is C16H11F7N2O. The van der Waals surface area contributed by atoms with Crippen LogP contribution in [0.25, 0.3) is 0 Å². The molecule has 0 heterocycles. The lowest BCUT2D eigenvalue weighted by Crippen LogP contribution is -2.38. The number of amides is 1. The second-order valence-corrected chi connectivity index (χ2v) is 5.29. The summed E-state index contributed by atoms with van der Waals surface area (Å²) in [5, 5.41) is 1.50. The number of carbonyl (C=O) groups is 1. The number of anilines is 1. The molecule has 2 aromatic rings. The minimum atomic E-state index is -5.66. The number of carbonyl (C=O) groups excluding carboxylic acids is 1. The molecule has 0 saturated carbocycles. The highest BCUT2D eigenvalue weighted by molar-refractivity contribution is 5.95. The van der Waals surface area contributed by atoms with Gasteiger partial charge in [-0.2, -0.15) is 13.2 Å². The van der Waals surface area contributed by atoms with Crippen molar-refractivity contribution in [2.24, 2.45) is 5.73 Å². The van der Waals surface area contributed by atoms with Gasteiger partial charge in [0.1, 0.15) is 11.3 Å². The standard InChI is InChI=1S/C16H11F7N2O/c17-10-9(16(21,22)23)11(18)13(20)14(12(10)19)25-15(26)8(24)6-7-4-2-1-3-5-7/h1-5,8H,6,24H2,(H,25,26)/t8-/m0/s1. The molecule has 3 N–H and O–H groups in total. The smallest absolute Gasteiger partial charge is 0.320 e. The Bertz CT molecular complexity index is 793. The Kier molecular flexibility index (Phi) is 5.55. The van der Waals surface area contributed by atoms with Gasteiger partial charge in [0, 0.05) is 0 Å². The van der Waals surface area contributed by atoms with Crippen LogP contribution in [0.1, 0.15) is 11.1 Å². The Labute approximate surface area is 142 Å². The molecule has 0 saturated heterocycles. The summed E-state index contributed by atoms with van der Waals surface area (Å²) >= 11 is 0. The lowest BCUT2D eigenvalue weighted by atomic mass is 10.1.